The van der Waals surface area contributed by atoms with E-state index in [1.54, 1.807) is 6.20 Å². The van der Waals surface area contributed by atoms with Gasteiger partial charge in [-0.3, -0.25) is 4.98 Å². The first-order valence-corrected chi connectivity index (χ1v) is 6.29. The topological polar surface area (TPSA) is 24.9 Å². The summed E-state index contributed by atoms with van der Waals surface area (Å²) in [6, 6.07) is 2.08. The van der Waals surface area contributed by atoms with E-state index in [0.717, 1.165) is 23.2 Å². The third kappa shape index (κ3) is 2.49. The van der Waals surface area contributed by atoms with E-state index in [-0.39, 0.29) is 0 Å². The molecule has 90 valence electrons. The fraction of sp³-hybridized carbons (Fsp3) is 0.500. The van der Waals surface area contributed by atoms with Gasteiger partial charge in [-0.15, -0.1) is 6.42 Å². The number of nitrogens with zero attached hydrogens (tertiary/aromatic N) is 2. The second kappa shape index (κ2) is 5.31. The number of hydrogen-bond acceptors (Lipinski definition) is 2. The molecule has 0 aromatic carbocycles. The maximum absolute atomic E-state index is 5.45. The Kier molecular flexibility index (Phi) is 3.78. The van der Waals surface area contributed by atoms with Gasteiger partial charge in [0.1, 0.15) is 13.1 Å². The quantitative estimate of drug-likeness (QED) is 0.621. The molecule has 0 saturated carbocycles. The van der Waals surface area contributed by atoms with E-state index < -0.39 is 0 Å². The van der Waals surface area contributed by atoms with Crippen molar-refractivity contribution in [3.8, 4) is 12.3 Å². The Morgan fingerprint density at radius 1 is 1.24 bits per heavy atom. The average Bonchev–Trinajstić information content (AvgIpc) is 2.65. The molecule has 17 heavy (non-hydrogen) atoms. The minimum Gasteiger partial charge on any atom is -0.257 e. The summed E-state index contributed by atoms with van der Waals surface area (Å²) in [7, 11) is 2.02. The van der Waals surface area contributed by atoms with Gasteiger partial charge in [0.05, 0.1) is 6.20 Å². The first-order chi connectivity index (χ1) is 8.30. The van der Waals surface area contributed by atoms with Crippen LogP contribution in [0.5, 0.6) is 0 Å². The fourth-order valence-electron chi connectivity index (χ4n) is 2.58. The number of pyridine rings is 1. The molecule has 2 heterocycles. The molecule has 1 aromatic rings. The van der Waals surface area contributed by atoms with Gasteiger partial charge in [0.2, 0.25) is 0 Å². The highest BCUT2D eigenvalue weighted by Crippen LogP contribution is 2.25. The molecule has 0 unspecified atom stereocenters. The highest BCUT2D eigenvalue weighted by Gasteiger charge is 2.30. The summed E-state index contributed by atoms with van der Waals surface area (Å²) >= 11 is 0. The molecule has 1 aliphatic heterocycles. The largest absolute Gasteiger partial charge is 0.257 e. The van der Waals surface area contributed by atoms with Crippen molar-refractivity contribution in [3.05, 3.63) is 24.0 Å². The van der Waals surface area contributed by atoms with Crippen LogP contribution < -0.4 is 10.0 Å². The molecule has 1 N–H and O–H groups in total. The van der Waals surface area contributed by atoms with E-state index in [0.29, 0.717) is 0 Å². The summed E-state index contributed by atoms with van der Waals surface area (Å²) in [4.78, 5) is 4.26. The van der Waals surface area contributed by atoms with Crippen LogP contribution in [0.3, 0.4) is 0 Å². The molecule has 0 bridgehead atoms. The molecule has 0 aliphatic carbocycles. The minimum atomic E-state index is 0.808. The summed E-state index contributed by atoms with van der Waals surface area (Å²) in [5.41, 5.74) is 5.50. The summed E-state index contributed by atoms with van der Waals surface area (Å²) in [5, 5.41) is 0. The van der Waals surface area contributed by atoms with Gasteiger partial charge < -0.3 is 0 Å². The zero-order valence-corrected chi connectivity index (χ0v) is 10.4. The number of nitrogens with one attached hydrogen (secondary N) is 1. The van der Waals surface area contributed by atoms with Crippen LogP contribution >= 0.6 is 0 Å². The molecule has 0 spiro atoms. The van der Waals surface area contributed by atoms with Crippen molar-refractivity contribution in [2.75, 3.05) is 20.1 Å². The van der Waals surface area contributed by atoms with Crippen LogP contribution in [0, 0.1) is 12.3 Å². The van der Waals surface area contributed by atoms with Gasteiger partial charge in [-0.25, -0.2) is 4.59 Å². The van der Waals surface area contributed by atoms with Crippen molar-refractivity contribution in [1.29, 1.82) is 0 Å². The van der Waals surface area contributed by atoms with E-state index in [9.17, 15) is 0 Å². The van der Waals surface area contributed by atoms with Gasteiger partial charge in [-0.05, 0) is 25.7 Å². The Morgan fingerprint density at radius 2 is 1.94 bits per heavy atom. The van der Waals surface area contributed by atoms with Crippen LogP contribution in [-0.4, -0.2) is 25.1 Å². The molecule has 0 atom stereocenters. The Hall–Kier alpha value is -1.37. The van der Waals surface area contributed by atoms with Gasteiger partial charge in [0.15, 0.2) is 5.69 Å². The monoisotopic (exact) mass is 230 g/mol. The molecule has 0 radical (unpaired) electrons. The molecular weight excluding hydrogens is 210 g/mol. The van der Waals surface area contributed by atoms with Crippen molar-refractivity contribution in [1.82, 2.24) is 15.0 Å². The van der Waals surface area contributed by atoms with Crippen LogP contribution in [-0.2, 0) is 0 Å². The van der Waals surface area contributed by atoms with E-state index in [1.807, 2.05) is 13.2 Å². The maximum Gasteiger partial charge on any atom is 0.171 e. The Bertz CT molecular complexity index is 412. The normalized spacial score (nSPS) is 19.3. The smallest absolute Gasteiger partial charge is 0.171 e. The molecule has 1 saturated heterocycles. The number of hydrogen-bond donors (Lipinski definition) is 1. The summed E-state index contributed by atoms with van der Waals surface area (Å²) in [6.07, 6.45) is 14.3. The second-order valence-corrected chi connectivity index (χ2v) is 4.63. The molecule has 1 fully saturated rings. The van der Waals surface area contributed by atoms with Crippen molar-refractivity contribution < 1.29 is 0 Å². The fourth-order valence-corrected chi connectivity index (χ4v) is 2.58. The van der Waals surface area contributed by atoms with Crippen LogP contribution in [0.4, 0.5) is 5.69 Å². The zero-order valence-electron chi connectivity index (χ0n) is 10.4. The van der Waals surface area contributed by atoms with Crippen molar-refractivity contribution >= 4 is 5.69 Å². The van der Waals surface area contributed by atoms with Gasteiger partial charge in [-0.2, -0.15) is 5.43 Å². The maximum atomic E-state index is 5.45. The molecule has 1 aromatic heterocycles. The number of rotatable bonds is 2. The van der Waals surface area contributed by atoms with Crippen molar-refractivity contribution in [2.24, 2.45) is 0 Å². The van der Waals surface area contributed by atoms with Gasteiger partial charge in [0, 0.05) is 24.9 Å². The SMILES string of the molecule is C#Cc1cncc([N+]2(NC)CCCCCC2)c1. The Labute approximate surface area is 103 Å². The summed E-state index contributed by atoms with van der Waals surface area (Å²) < 4.78 is 0.808. The van der Waals surface area contributed by atoms with Gasteiger partial charge in [-0.1, -0.05) is 5.92 Å². The third-order valence-electron chi connectivity index (χ3n) is 3.64. The first kappa shape index (κ1) is 12.1. The molecule has 1 aliphatic rings. The van der Waals surface area contributed by atoms with E-state index >= 15 is 0 Å². The van der Waals surface area contributed by atoms with E-state index in [2.05, 4.69) is 22.4 Å². The molecule has 2 rings (SSSR count). The Balaban J connectivity index is 2.35. The van der Waals surface area contributed by atoms with Crippen LogP contribution in [0.25, 0.3) is 0 Å². The predicted octanol–water partition coefficient (Wildman–Crippen LogP) is 2.08. The lowest BCUT2D eigenvalue weighted by Gasteiger charge is -2.35. The van der Waals surface area contributed by atoms with Crippen LogP contribution in [0.2, 0.25) is 0 Å². The standard InChI is InChI=1S/C14H20N3/c1-3-13-10-14(12-16-11-13)17(15-2)8-6-4-5-7-9-17/h1,10-12,15H,4-9H2,2H3/q+1. The zero-order chi connectivity index (χ0) is 12.1. The van der Waals surface area contributed by atoms with E-state index in [1.165, 1.54) is 31.4 Å². The van der Waals surface area contributed by atoms with Crippen molar-refractivity contribution in [2.45, 2.75) is 25.7 Å². The lowest BCUT2D eigenvalue weighted by Crippen LogP contribution is -2.58. The minimum absolute atomic E-state index is 0.808. The number of terminal acetylenes is 1. The highest BCUT2D eigenvalue weighted by atomic mass is 15.7. The highest BCUT2D eigenvalue weighted by molar-refractivity contribution is 5.46. The van der Waals surface area contributed by atoms with Crippen molar-refractivity contribution in [3.63, 3.8) is 0 Å². The van der Waals surface area contributed by atoms with E-state index in [4.69, 9.17) is 6.42 Å². The van der Waals surface area contributed by atoms with Crippen LogP contribution in [0.15, 0.2) is 18.5 Å². The third-order valence-corrected chi connectivity index (χ3v) is 3.64. The molecular formula is C14H20N3+. The lowest BCUT2D eigenvalue weighted by molar-refractivity contribution is 0.216. The lowest BCUT2D eigenvalue weighted by atomic mass is 10.2. The summed E-state index contributed by atoms with van der Waals surface area (Å²) in [5.74, 6) is 2.66. The van der Waals surface area contributed by atoms with Gasteiger partial charge >= 0.3 is 0 Å². The number of quaternary nitrogens is 1. The van der Waals surface area contributed by atoms with Crippen LogP contribution in [0.1, 0.15) is 31.2 Å². The second-order valence-electron chi connectivity index (χ2n) is 4.63. The first-order valence-electron chi connectivity index (χ1n) is 6.29. The summed E-state index contributed by atoms with van der Waals surface area (Å²) in [6.45, 7) is 2.23. The average molecular weight is 230 g/mol. The Morgan fingerprint density at radius 3 is 2.53 bits per heavy atom. The molecule has 3 nitrogen and oxygen atoms in total. The van der Waals surface area contributed by atoms with Gasteiger partial charge in [0.25, 0.3) is 0 Å². The number of aromatic nitrogens is 1. The molecule has 0 amide bonds. The molecule has 3 heteroatoms. The predicted molar refractivity (Wildman–Crippen MR) is 71.2 cm³/mol.